The van der Waals surface area contributed by atoms with E-state index in [-0.39, 0.29) is 17.2 Å². The Morgan fingerprint density at radius 3 is 2.88 bits per heavy atom. The van der Waals surface area contributed by atoms with Gasteiger partial charge in [-0.15, -0.1) is 10.2 Å². The number of pyridine rings is 1. The summed E-state index contributed by atoms with van der Waals surface area (Å²) < 4.78 is 1.72. The molecule has 1 saturated carbocycles. The molecule has 0 saturated heterocycles. The van der Waals surface area contributed by atoms with E-state index in [0.717, 1.165) is 6.42 Å². The number of nitrogens with zero attached hydrogens (tertiary/aromatic N) is 3. The second-order valence-corrected chi connectivity index (χ2v) is 8.47. The highest BCUT2D eigenvalue weighted by Crippen LogP contribution is 2.28. The number of thioether (sulfide) groups is 1. The van der Waals surface area contributed by atoms with E-state index in [4.69, 9.17) is 23.2 Å². The third kappa shape index (κ3) is 3.81. The SMILES string of the molecule is C[C@@H](Sc1nnc2c(Cl)cc(Cl)cn12)C(=O)N[C@H]1CCCC[C@@H]1C. The van der Waals surface area contributed by atoms with Crippen molar-refractivity contribution in [3.63, 3.8) is 0 Å². The van der Waals surface area contributed by atoms with Gasteiger partial charge >= 0.3 is 0 Å². The Hall–Kier alpha value is -0.980. The van der Waals surface area contributed by atoms with E-state index in [0.29, 0.717) is 26.8 Å². The molecule has 5 nitrogen and oxygen atoms in total. The van der Waals surface area contributed by atoms with Gasteiger partial charge in [0.15, 0.2) is 10.8 Å². The van der Waals surface area contributed by atoms with E-state index in [2.05, 4.69) is 22.4 Å². The standard InChI is InChI=1S/C16H20Cl2N4OS/c1-9-5-3-4-6-13(9)19-15(23)10(2)24-16-21-20-14-12(18)7-11(17)8-22(14)16/h7-10,13H,3-6H2,1-2H3,(H,19,23)/t9-,10+,13-/m0/s1. The molecule has 1 fully saturated rings. The molecular weight excluding hydrogens is 367 g/mol. The van der Waals surface area contributed by atoms with Gasteiger partial charge in [0, 0.05) is 12.2 Å². The molecule has 0 radical (unpaired) electrons. The molecule has 3 atom stereocenters. The Bertz CT molecular complexity index is 751. The topological polar surface area (TPSA) is 59.3 Å². The summed E-state index contributed by atoms with van der Waals surface area (Å²) in [6.07, 6.45) is 6.38. The van der Waals surface area contributed by atoms with Gasteiger partial charge in [-0.25, -0.2) is 0 Å². The molecule has 130 valence electrons. The van der Waals surface area contributed by atoms with Gasteiger partial charge < -0.3 is 5.32 Å². The number of carbonyl (C=O) groups excluding carboxylic acids is 1. The van der Waals surface area contributed by atoms with Crippen molar-refractivity contribution in [1.29, 1.82) is 0 Å². The summed E-state index contributed by atoms with van der Waals surface area (Å²) in [5.41, 5.74) is 0.539. The predicted octanol–water partition coefficient (Wildman–Crippen LogP) is 4.21. The van der Waals surface area contributed by atoms with Gasteiger partial charge in [0.05, 0.1) is 15.3 Å². The van der Waals surface area contributed by atoms with E-state index in [1.165, 1.54) is 31.0 Å². The first-order valence-electron chi connectivity index (χ1n) is 8.12. The van der Waals surface area contributed by atoms with Crippen molar-refractivity contribution in [3.8, 4) is 0 Å². The first kappa shape index (κ1) is 17.8. The zero-order valence-corrected chi connectivity index (χ0v) is 16.0. The number of amides is 1. The molecule has 0 unspecified atom stereocenters. The maximum atomic E-state index is 12.5. The average molecular weight is 387 g/mol. The lowest BCUT2D eigenvalue weighted by molar-refractivity contribution is -0.121. The number of fused-ring (bicyclic) bond motifs is 1. The summed E-state index contributed by atoms with van der Waals surface area (Å²) >= 11 is 13.5. The van der Waals surface area contributed by atoms with Gasteiger partial charge in [-0.3, -0.25) is 9.20 Å². The lowest BCUT2D eigenvalue weighted by atomic mass is 9.86. The van der Waals surface area contributed by atoms with Gasteiger partial charge in [-0.1, -0.05) is 54.7 Å². The Morgan fingerprint density at radius 2 is 2.12 bits per heavy atom. The minimum Gasteiger partial charge on any atom is -0.352 e. The minimum atomic E-state index is -0.274. The molecule has 3 rings (SSSR count). The van der Waals surface area contributed by atoms with Crippen LogP contribution >= 0.6 is 35.0 Å². The maximum Gasteiger partial charge on any atom is 0.233 e. The average Bonchev–Trinajstić information content (AvgIpc) is 2.92. The number of aromatic nitrogens is 3. The molecule has 2 heterocycles. The zero-order chi connectivity index (χ0) is 17.3. The molecule has 2 aromatic heterocycles. The Labute approximate surface area is 155 Å². The predicted molar refractivity (Wildman–Crippen MR) is 97.9 cm³/mol. The van der Waals surface area contributed by atoms with Gasteiger partial charge in [-0.05, 0) is 31.7 Å². The molecule has 1 amide bonds. The second-order valence-electron chi connectivity index (χ2n) is 6.32. The molecule has 24 heavy (non-hydrogen) atoms. The lowest BCUT2D eigenvalue weighted by Crippen LogP contribution is -2.44. The van der Waals surface area contributed by atoms with Crippen LogP contribution in [0.5, 0.6) is 0 Å². The van der Waals surface area contributed by atoms with Crippen LogP contribution in [-0.2, 0) is 4.79 Å². The molecule has 1 N–H and O–H groups in total. The summed E-state index contributed by atoms with van der Waals surface area (Å²) in [6, 6.07) is 1.90. The van der Waals surface area contributed by atoms with Crippen LogP contribution in [0.1, 0.15) is 39.5 Å². The highest BCUT2D eigenvalue weighted by atomic mass is 35.5. The van der Waals surface area contributed by atoms with E-state index >= 15 is 0 Å². The second kappa shape index (κ2) is 7.50. The largest absolute Gasteiger partial charge is 0.352 e. The first-order valence-corrected chi connectivity index (χ1v) is 9.76. The van der Waals surface area contributed by atoms with Crippen LogP contribution in [0.15, 0.2) is 17.4 Å². The smallest absolute Gasteiger partial charge is 0.233 e. The molecule has 0 bridgehead atoms. The van der Waals surface area contributed by atoms with Crippen molar-refractivity contribution in [2.24, 2.45) is 5.92 Å². The van der Waals surface area contributed by atoms with Gasteiger partial charge in [0.2, 0.25) is 5.91 Å². The van der Waals surface area contributed by atoms with Crippen LogP contribution in [-0.4, -0.2) is 31.8 Å². The zero-order valence-electron chi connectivity index (χ0n) is 13.6. The maximum absolute atomic E-state index is 12.5. The van der Waals surface area contributed by atoms with Gasteiger partial charge in [0.1, 0.15) is 0 Å². The molecule has 1 aliphatic rings. The van der Waals surface area contributed by atoms with Crippen LogP contribution in [0.2, 0.25) is 10.0 Å². The van der Waals surface area contributed by atoms with Crippen LogP contribution < -0.4 is 5.32 Å². The highest BCUT2D eigenvalue weighted by molar-refractivity contribution is 8.00. The number of carbonyl (C=O) groups is 1. The van der Waals surface area contributed by atoms with Gasteiger partial charge in [0.25, 0.3) is 0 Å². The fourth-order valence-electron chi connectivity index (χ4n) is 3.03. The molecule has 0 spiro atoms. The fourth-order valence-corrected chi connectivity index (χ4v) is 4.37. The number of halogens is 2. The number of hydrogen-bond donors (Lipinski definition) is 1. The normalized spacial score (nSPS) is 22.5. The van der Waals surface area contributed by atoms with Crippen molar-refractivity contribution in [3.05, 3.63) is 22.3 Å². The highest BCUT2D eigenvalue weighted by Gasteiger charge is 2.26. The number of rotatable bonds is 4. The van der Waals surface area contributed by atoms with E-state index in [1.807, 2.05) is 6.92 Å². The van der Waals surface area contributed by atoms with E-state index < -0.39 is 0 Å². The number of nitrogens with one attached hydrogen (secondary N) is 1. The fraction of sp³-hybridized carbons (Fsp3) is 0.562. The lowest BCUT2D eigenvalue weighted by Gasteiger charge is -2.30. The Balaban J connectivity index is 1.70. The third-order valence-electron chi connectivity index (χ3n) is 4.49. The number of hydrogen-bond acceptors (Lipinski definition) is 4. The molecular formula is C16H20Cl2N4OS. The van der Waals surface area contributed by atoms with Crippen molar-refractivity contribution in [2.75, 3.05) is 0 Å². The van der Waals surface area contributed by atoms with Gasteiger partial charge in [-0.2, -0.15) is 0 Å². The van der Waals surface area contributed by atoms with Crippen LogP contribution in [0.25, 0.3) is 5.65 Å². The van der Waals surface area contributed by atoms with Crippen molar-refractivity contribution < 1.29 is 4.79 Å². The molecule has 2 aromatic rings. The molecule has 8 heteroatoms. The van der Waals surface area contributed by atoms with E-state index in [1.54, 1.807) is 16.7 Å². The molecule has 0 aliphatic heterocycles. The Morgan fingerprint density at radius 1 is 1.38 bits per heavy atom. The van der Waals surface area contributed by atoms with Crippen molar-refractivity contribution in [1.82, 2.24) is 19.9 Å². The molecule has 1 aliphatic carbocycles. The minimum absolute atomic E-state index is 0.0311. The quantitative estimate of drug-likeness (QED) is 0.799. The summed E-state index contributed by atoms with van der Waals surface area (Å²) in [4.78, 5) is 12.5. The van der Waals surface area contributed by atoms with Crippen LogP contribution in [0, 0.1) is 5.92 Å². The first-order chi connectivity index (χ1) is 11.5. The summed E-state index contributed by atoms with van der Waals surface area (Å²) in [5.74, 6) is 0.565. The monoisotopic (exact) mass is 386 g/mol. The summed E-state index contributed by atoms with van der Waals surface area (Å²) in [5, 5.41) is 12.7. The molecule has 0 aromatic carbocycles. The summed E-state index contributed by atoms with van der Waals surface area (Å²) in [7, 11) is 0. The Kier molecular flexibility index (Phi) is 5.57. The summed E-state index contributed by atoms with van der Waals surface area (Å²) in [6.45, 7) is 4.08. The van der Waals surface area contributed by atoms with Crippen molar-refractivity contribution >= 4 is 46.5 Å². The van der Waals surface area contributed by atoms with Crippen molar-refractivity contribution in [2.45, 2.75) is 56.0 Å². The van der Waals surface area contributed by atoms with E-state index in [9.17, 15) is 4.79 Å². The van der Waals surface area contributed by atoms with Crippen LogP contribution in [0.3, 0.4) is 0 Å². The van der Waals surface area contributed by atoms with Crippen LogP contribution in [0.4, 0.5) is 0 Å². The third-order valence-corrected chi connectivity index (χ3v) is 6.03.